The van der Waals surface area contributed by atoms with Gasteiger partial charge >= 0.3 is 5.97 Å². The van der Waals surface area contributed by atoms with Crippen LogP contribution < -0.4 is 0 Å². The minimum atomic E-state index is -0.443. The molecule has 2 rings (SSSR count). The molecule has 0 bridgehead atoms. The lowest BCUT2D eigenvalue weighted by Crippen LogP contribution is -2.31. The van der Waals surface area contributed by atoms with E-state index in [0.717, 1.165) is 24.9 Å². The van der Waals surface area contributed by atoms with Gasteiger partial charge in [-0.15, -0.1) is 0 Å². The van der Waals surface area contributed by atoms with Gasteiger partial charge in [0.25, 0.3) is 0 Å². The summed E-state index contributed by atoms with van der Waals surface area (Å²) in [5, 5.41) is 0. The fraction of sp³-hybridized carbons (Fsp3) is 0.533. The number of nitrogens with zero attached hydrogens (tertiary/aromatic N) is 1. The van der Waals surface area contributed by atoms with Gasteiger partial charge in [-0.3, -0.25) is 4.79 Å². The van der Waals surface area contributed by atoms with E-state index in [9.17, 15) is 4.79 Å². The number of carbonyl (C=O) groups excluding carboxylic acids is 1. The maximum Gasteiger partial charge on any atom is 0.317 e. The summed E-state index contributed by atoms with van der Waals surface area (Å²) >= 11 is 0. The third-order valence-corrected chi connectivity index (χ3v) is 3.74. The van der Waals surface area contributed by atoms with Crippen LogP contribution in [0.1, 0.15) is 25.3 Å². The topological polar surface area (TPSA) is 29.5 Å². The van der Waals surface area contributed by atoms with Crippen molar-refractivity contribution >= 4 is 5.97 Å². The molecule has 18 heavy (non-hydrogen) atoms. The molecule has 3 heteroatoms. The molecule has 1 aromatic rings. The molecule has 0 aliphatic carbocycles. The van der Waals surface area contributed by atoms with Crippen molar-refractivity contribution in [3.8, 4) is 0 Å². The van der Waals surface area contributed by atoms with Crippen molar-refractivity contribution in [1.82, 2.24) is 4.90 Å². The zero-order chi connectivity index (χ0) is 13.2. The van der Waals surface area contributed by atoms with Crippen molar-refractivity contribution in [3.05, 3.63) is 35.9 Å². The van der Waals surface area contributed by atoms with Crippen LogP contribution >= 0.6 is 0 Å². The standard InChI is InChI=1S/C15H21NO2/c1-4-15(12-8-6-5-7-9-12)10-13(11-16(2)3)18-14(15)17/h5-9,13H,4,10-11H2,1-3H3. The fourth-order valence-corrected chi connectivity index (χ4v) is 2.77. The second-order valence-electron chi connectivity index (χ2n) is 5.30. The number of likely N-dealkylation sites (N-methyl/N-ethyl adjacent to an activating group) is 1. The number of ether oxygens (including phenoxy) is 1. The Kier molecular flexibility index (Phi) is 3.71. The number of cyclic esters (lactones) is 1. The van der Waals surface area contributed by atoms with Gasteiger partial charge in [-0.2, -0.15) is 0 Å². The largest absolute Gasteiger partial charge is 0.460 e. The number of hydrogen-bond donors (Lipinski definition) is 0. The Hall–Kier alpha value is -1.35. The summed E-state index contributed by atoms with van der Waals surface area (Å²) in [6.45, 7) is 2.85. The Balaban J connectivity index is 2.26. The highest BCUT2D eigenvalue weighted by Crippen LogP contribution is 2.40. The van der Waals surface area contributed by atoms with E-state index >= 15 is 0 Å². The predicted molar refractivity (Wildman–Crippen MR) is 71.5 cm³/mol. The maximum atomic E-state index is 12.3. The van der Waals surface area contributed by atoms with Gasteiger partial charge in [-0.25, -0.2) is 0 Å². The number of carbonyl (C=O) groups is 1. The van der Waals surface area contributed by atoms with Gasteiger partial charge in [-0.1, -0.05) is 37.3 Å². The Bertz CT molecular complexity index is 416. The van der Waals surface area contributed by atoms with Gasteiger partial charge < -0.3 is 9.64 Å². The zero-order valence-corrected chi connectivity index (χ0v) is 11.3. The van der Waals surface area contributed by atoms with Crippen LogP contribution in [-0.2, 0) is 14.9 Å². The summed E-state index contributed by atoms with van der Waals surface area (Å²) in [4.78, 5) is 14.3. The molecule has 98 valence electrons. The van der Waals surface area contributed by atoms with Crippen LogP contribution in [0.5, 0.6) is 0 Å². The lowest BCUT2D eigenvalue weighted by molar-refractivity contribution is -0.146. The van der Waals surface area contributed by atoms with E-state index in [1.807, 2.05) is 44.4 Å². The second-order valence-corrected chi connectivity index (χ2v) is 5.30. The van der Waals surface area contributed by atoms with Crippen LogP contribution in [0, 0.1) is 0 Å². The average molecular weight is 247 g/mol. The third kappa shape index (κ3) is 2.27. The first-order valence-electron chi connectivity index (χ1n) is 6.50. The van der Waals surface area contributed by atoms with Crippen molar-refractivity contribution in [3.63, 3.8) is 0 Å². The molecule has 0 N–H and O–H groups in total. The summed E-state index contributed by atoms with van der Waals surface area (Å²) in [6.07, 6.45) is 1.58. The normalized spacial score (nSPS) is 27.6. The van der Waals surface area contributed by atoms with E-state index in [0.29, 0.717) is 0 Å². The van der Waals surface area contributed by atoms with Crippen molar-refractivity contribution in [2.75, 3.05) is 20.6 Å². The Morgan fingerprint density at radius 1 is 1.33 bits per heavy atom. The monoisotopic (exact) mass is 247 g/mol. The summed E-state index contributed by atoms with van der Waals surface area (Å²) in [5.74, 6) is -0.0666. The molecule has 1 heterocycles. The second kappa shape index (κ2) is 5.11. The van der Waals surface area contributed by atoms with E-state index < -0.39 is 5.41 Å². The van der Waals surface area contributed by atoms with Crippen LogP contribution in [0.2, 0.25) is 0 Å². The van der Waals surface area contributed by atoms with Gasteiger partial charge in [-0.05, 0) is 26.1 Å². The highest BCUT2D eigenvalue weighted by molar-refractivity contribution is 5.85. The molecular weight excluding hydrogens is 226 g/mol. The highest BCUT2D eigenvalue weighted by atomic mass is 16.6. The molecule has 1 aromatic carbocycles. The third-order valence-electron chi connectivity index (χ3n) is 3.74. The first-order valence-corrected chi connectivity index (χ1v) is 6.50. The van der Waals surface area contributed by atoms with E-state index in [2.05, 4.69) is 11.8 Å². The first kappa shape index (κ1) is 13.1. The Labute approximate surface area is 109 Å². The fourth-order valence-electron chi connectivity index (χ4n) is 2.77. The van der Waals surface area contributed by atoms with Gasteiger partial charge in [0.15, 0.2) is 0 Å². The molecule has 2 unspecified atom stereocenters. The Morgan fingerprint density at radius 2 is 2.00 bits per heavy atom. The highest BCUT2D eigenvalue weighted by Gasteiger charge is 2.48. The van der Waals surface area contributed by atoms with Crippen LogP contribution in [0.15, 0.2) is 30.3 Å². The molecule has 1 fully saturated rings. The molecule has 2 atom stereocenters. The molecule has 1 aliphatic rings. The molecule has 0 saturated carbocycles. The van der Waals surface area contributed by atoms with Crippen LogP contribution in [-0.4, -0.2) is 37.6 Å². The van der Waals surface area contributed by atoms with Gasteiger partial charge in [0, 0.05) is 13.0 Å². The van der Waals surface area contributed by atoms with E-state index in [-0.39, 0.29) is 12.1 Å². The Morgan fingerprint density at radius 3 is 2.56 bits per heavy atom. The number of benzene rings is 1. The van der Waals surface area contributed by atoms with Crippen LogP contribution in [0.25, 0.3) is 0 Å². The quantitative estimate of drug-likeness (QED) is 0.764. The summed E-state index contributed by atoms with van der Waals surface area (Å²) in [5.41, 5.74) is 0.640. The number of hydrogen-bond acceptors (Lipinski definition) is 3. The van der Waals surface area contributed by atoms with E-state index in [4.69, 9.17) is 4.74 Å². The molecule has 0 radical (unpaired) electrons. The van der Waals surface area contributed by atoms with Crippen molar-refractivity contribution in [1.29, 1.82) is 0 Å². The predicted octanol–water partition coefficient (Wildman–Crippen LogP) is 2.21. The van der Waals surface area contributed by atoms with E-state index in [1.54, 1.807) is 0 Å². The zero-order valence-electron chi connectivity index (χ0n) is 11.3. The van der Waals surface area contributed by atoms with Crippen molar-refractivity contribution in [2.45, 2.75) is 31.3 Å². The number of esters is 1. The lowest BCUT2D eigenvalue weighted by atomic mass is 9.76. The van der Waals surface area contributed by atoms with E-state index in [1.165, 1.54) is 0 Å². The average Bonchev–Trinajstić information content (AvgIpc) is 2.66. The maximum absolute atomic E-state index is 12.3. The summed E-state index contributed by atoms with van der Waals surface area (Å²) in [6, 6.07) is 10.0. The summed E-state index contributed by atoms with van der Waals surface area (Å²) in [7, 11) is 4.00. The molecule has 1 saturated heterocycles. The smallest absolute Gasteiger partial charge is 0.317 e. The molecule has 0 aromatic heterocycles. The molecule has 0 amide bonds. The van der Waals surface area contributed by atoms with Crippen molar-refractivity contribution in [2.24, 2.45) is 0 Å². The van der Waals surface area contributed by atoms with Crippen LogP contribution in [0.3, 0.4) is 0 Å². The van der Waals surface area contributed by atoms with Gasteiger partial charge in [0.1, 0.15) is 6.10 Å². The SMILES string of the molecule is CCC1(c2ccccc2)CC(CN(C)C)OC1=O. The lowest BCUT2D eigenvalue weighted by Gasteiger charge is -2.23. The summed E-state index contributed by atoms with van der Waals surface area (Å²) < 4.78 is 5.55. The number of rotatable bonds is 4. The molecule has 3 nitrogen and oxygen atoms in total. The van der Waals surface area contributed by atoms with Gasteiger partial charge in [0.2, 0.25) is 0 Å². The van der Waals surface area contributed by atoms with Crippen molar-refractivity contribution < 1.29 is 9.53 Å². The molecule has 1 aliphatic heterocycles. The first-order chi connectivity index (χ1) is 8.58. The van der Waals surface area contributed by atoms with Crippen LogP contribution in [0.4, 0.5) is 0 Å². The minimum absolute atomic E-state index is 0.00709. The van der Waals surface area contributed by atoms with Gasteiger partial charge in [0.05, 0.1) is 5.41 Å². The molecular formula is C15H21NO2. The molecule has 0 spiro atoms. The minimum Gasteiger partial charge on any atom is -0.460 e.